The van der Waals surface area contributed by atoms with Crippen molar-refractivity contribution in [3.8, 4) is 0 Å². The van der Waals surface area contributed by atoms with Gasteiger partial charge >= 0.3 is 0 Å². The summed E-state index contributed by atoms with van der Waals surface area (Å²) < 4.78 is 0. The number of amides is 1. The Morgan fingerprint density at radius 1 is 1.11 bits per heavy atom. The average Bonchev–Trinajstić information content (AvgIpc) is 2.40. The van der Waals surface area contributed by atoms with E-state index in [2.05, 4.69) is 23.6 Å². The minimum absolute atomic E-state index is 0.320. The van der Waals surface area contributed by atoms with Crippen LogP contribution >= 0.6 is 0 Å². The maximum atomic E-state index is 12.1. The van der Waals surface area contributed by atoms with E-state index in [1.165, 1.54) is 6.42 Å². The summed E-state index contributed by atoms with van der Waals surface area (Å²) >= 11 is 0. The molecule has 2 fully saturated rings. The summed E-state index contributed by atoms with van der Waals surface area (Å²) in [6.45, 7) is 13.8. The zero-order chi connectivity index (χ0) is 13.5. The van der Waals surface area contributed by atoms with Crippen molar-refractivity contribution in [3.63, 3.8) is 0 Å². The minimum Gasteiger partial charge on any atom is -0.342 e. The highest BCUT2D eigenvalue weighted by atomic mass is 16.2. The Bertz CT molecular complexity index is 241. The first-order chi connectivity index (χ1) is 8.74. The van der Waals surface area contributed by atoms with E-state index >= 15 is 0 Å². The summed E-state index contributed by atoms with van der Waals surface area (Å²) in [7, 11) is 0. The van der Waals surface area contributed by atoms with Crippen molar-refractivity contribution in [3.05, 3.63) is 0 Å². The van der Waals surface area contributed by atoms with Gasteiger partial charge in [0.05, 0.1) is 0 Å². The molecule has 1 amide bonds. The Morgan fingerprint density at radius 3 is 2.11 bits per heavy atom. The summed E-state index contributed by atoms with van der Waals surface area (Å²) in [4.78, 5) is 16.7. The Hall–Kier alpha value is -0.570. The molecule has 2 saturated heterocycles. The second kappa shape index (κ2) is 7.78. The third kappa shape index (κ3) is 3.71. The van der Waals surface area contributed by atoms with Gasteiger partial charge in [-0.1, -0.05) is 27.7 Å². The van der Waals surface area contributed by atoms with E-state index in [1.54, 1.807) is 0 Å². The molecular formula is C15H30N2O. The van der Waals surface area contributed by atoms with E-state index in [9.17, 15) is 4.79 Å². The van der Waals surface area contributed by atoms with Gasteiger partial charge in [0.1, 0.15) is 0 Å². The number of hydrogen-bond acceptors (Lipinski definition) is 2. The minimum atomic E-state index is 0.320. The number of piperidine rings is 1. The molecule has 3 nitrogen and oxygen atoms in total. The van der Waals surface area contributed by atoms with Crippen LogP contribution in [0.15, 0.2) is 0 Å². The van der Waals surface area contributed by atoms with Crippen molar-refractivity contribution in [2.24, 2.45) is 11.8 Å². The van der Waals surface area contributed by atoms with E-state index < -0.39 is 0 Å². The third-order valence-electron chi connectivity index (χ3n) is 4.23. The monoisotopic (exact) mass is 254 g/mol. The molecule has 0 radical (unpaired) electrons. The number of hydrogen-bond donors (Lipinski definition) is 0. The fraction of sp³-hybridized carbons (Fsp3) is 0.933. The molecule has 2 aliphatic heterocycles. The molecule has 0 aromatic carbocycles. The summed E-state index contributed by atoms with van der Waals surface area (Å²) in [6.07, 6.45) is 3.36. The van der Waals surface area contributed by atoms with Crippen LogP contribution in [0.2, 0.25) is 0 Å². The molecule has 0 unspecified atom stereocenters. The molecule has 18 heavy (non-hydrogen) atoms. The van der Waals surface area contributed by atoms with Gasteiger partial charge in [-0.25, -0.2) is 0 Å². The van der Waals surface area contributed by atoms with Crippen LogP contribution in [-0.4, -0.2) is 48.4 Å². The fourth-order valence-corrected chi connectivity index (χ4v) is 2.76. The maximum absolute atomic E-state index is 12.1. The topological polar surface area (TPSA) is 23.6 Å². The smallest absolute Gasteiger partial charge is 0.225 e. The predicted octanol–water partition coefficient (Wildman–Crippen LogP) is 2.61. The first kappa shape index (κ1) is 15.5. The van der Waals surface area contributed by atoms with Gasteiger partial charge in [-0.15, -0.1) is 0 Å². The van der Waals surface area contributed by atoms with Gasteiger partial charge in [0.25, 0.3) is 0 Å². The van der Waals surface area contributed by atoms with E-state index in [-0.39, 0.29) is 0 Å². The number of nitrogens with zero attached hydrogens (tertiary/aromatic N) is 2. The molecule has 2 aliphatic rings. The average molecular weight is 254 g/mol. The highest BCUT2D eigenvalue weighted by molar-refractivity contribution is 5.79. The van der Waals surface area contributed by atoms with Crippen LogP contribution in [0.5, 0.6) is 0 Å². The van der Waals surface area contributed by atoms with Gasteiger partial charge in [0, 0.05) is 19.0 Å². The van der Waals surface area contributed by atoms with Gasteiger partial charge < -0.3 is 9.80 Å². The van der Waals surface area contributed by atoms with E-state index in [4.69, 9.17) is 0 Å². The summed E-state index contributed by atoms with van der Waals surface area (Å²) in [5.74, 6) is 1.53. The molecular weight excluding hydrogens is 224 g/mol. The molecule has 0 aromatic rings. The number of carbonyl (C=O) groups is 1. The number of likely N-dealkylation sites (tertiary alicyclic amines) is 2. The summed E-state index contributed by atoms with van der Waals surface area (Å²) in [5, 5.41) is 0. The Kier molecular flexibility index (Phi) is 6.69. The van der Waals surface area contributed by atoms with Crippen molar-refractivity contribution in [2.75, 3.05) is 32.7 Å². The quantitative estimate of drug-likeness (QED) is 0.773. The van der Waals surface area contributed by atoms with Crippen molar-refractivity contribution < 1.29 is 4.79 Å². The Labute approximate surface area is 113 Å². The summed E-state index contributed by atoms with van der Waals surface area (Å²) in [5.41, 5.74) is 0. The number of carbonyl (C=O) groups excluding carboxylic acids is 1. The normalized spacial score (nSPS) is 22.1. The first-order valence-corrected chi connectivity index (χ1v) is 7.75. The summed E-state index contributed by atoms with van der Waals surface area (Å²) in [6, 6.07) is 0. The van der Waals surface area contributed by atoms with Crippen LogP contribution in [0, 0.1) is 11.8 Å². The van der Waals surface area contributed by atoms with Crippen LogP contribution < -0.4 is 0 Å². The Morgan fingerprint density at radius 2 is 1.67 bits per heavy atom. The van der Waals surface area contributed by atoms with Crippen LogP contribution in [-0.2, 0) is 4.79 Å². The lowest BCUT2D eigenvalue weighted by molar-refractivity contribution is -0.143. The van der Waals surface area contributed by atoms with Gasteiger partial charge in [0.2, 0.25) is 5.91 Å². The molecule has 0 aliphatic carbocycles. The van der Waals surface area contributed by atoms with Gasteiger partial charge in [-0.2, -0.15) is 0 Å². The van der Waals surface area contributed by atoms with E-state index in [0.717, 1.165) is 51.5 Å². The highest BCUT2D eigenvalue weighted by Gasteiger charge is 2.34. The van der Waals surface area contributed by atoms with Gasteiger partial charge in [-0.05, 0) is 44.8 Å². The zero-order valence-corrected chi connectivity index (χ0v) is 12.6. The molecule has 2 rings (SSSR count). The van der Waals surface area contributed by atoms with Crippen LogP contribution in [0.3, 0.4) is 0 Å². The van der Waals surface area contributed by atoms with Gasteiger partial charge in [0.15, 0.2) is 0 Å². The first-order valence-electron chi connectivity index (χ1n) is 7.75. The van der Waals surface area contributed by atoms with Crippen LogP contribution in [0.25, 0.3) is 0 Å². The largest absolute Gasteiger partial charge is 0.342 e. The highest BCUT2D eigenvalue weighted by Crippen LogP contribution is 2.25. The standard InChI is InChI=1S/C13H24N2O.C2H6/c1-3-11-9-15(10-11)13(16)12-5-7-14(4-2)8-6-12;1-2/h11-12H,3-10H2,1-2H3;1-2H3. The second-order valence-electron chi connectivity index (χ2n) is 5.23. The SMILES string of the molecule is CC.CCC1CN(C(=O)C2CCN(CC)CC2)C1. The number of rotatable bonds is 3. The lowest BCUT2D eigenvalue weighted by Crippen LogP contribution is -2.53. The molecule has 0 aromatic heterocycles. The van der Waals surface area contributed by atoms with E-state index in [0.29, 0.717) is 11.8 Å². The van der Waals surface area contributed by atoms with Crippen molar-refractivity contribution in [1.82, 2.24) is 9.80 Å². The molecule has 0 saturated carbocycles. The molecule has 0 bridgehead atoms. The third-order valence-corrected chi connectivity index (χ3v) is 4.23. The molecule has 106 valence electrons. The van der Waals surface area contributed by atoms with Crippen molar-refractivity contribution in [1.29, 1.82) is 0 Å². The molecule has 0 N–H and O–H groups in total. The second-order valence-corrected chi connectivity index (χ2v) is 5.23. The van der Waals surface area contributed by atoms with Crippen molar-refractivity contribution in [2.45, 2.75) is 47.0 Å². The van der Waals surface area contributed by atoms with Crippen molar-refractivity contribution >= 4 is 5.91 Å². The molecule has 0 spiro atoms. The predicted molar refractivity (Wildman–Crippen MR) is 76.5 cm³/mol. The van der Waals surface area contributed by atoms with Gasteiger partial charge in [-0.3, -0.25) is 4.79 Å². The van der Waals surface area contributed by atoms with Crippen LogP contribution in [0.1, 0.15) is 47.0 Å². The van der Waals surface area contributed by atoms with Crippen LogP contribution in [0.4, 0.5) is 0 Å². The molecule has 0 atom stereocenters. The lowest BCUT2D eigenvalue weighted by atomic mass is 9.90. The Balaban J connectivity index is 0.000000771. The lowest BCUT2D eigenvalue weighted by Gasteiger charge is -2.42. The molecule has 2 heterocycles. The fourth-order valence-electron chi connectivity index (χ4n) is 2.76. The molecule has 3 heteroatoms. The van der Waals surface area contributed by atoms with E-state index in [1.807, 2.05) is 13.8 Å². The maximum Gasteiger partial charge on any atom is 0.225 e. The zero-order valence-electron chi connectivity index (χ0n) is 12.6.